The Labute approximate surface area is 93.9 Å². The second-order valence-corrected chi connectivity index (χ2v) is 4.49. The molecule has 16 heavy (non-hydrogen) atoms. The van der Waals surface area contributed by atoms with Gasteiger partial charge in [0.25, 0.3) is 0 Å². The molecule has 0 unspecified atom stereocenters. The summed E-state index contributed by atoms with van der Waals surface area (Å²) in [6.07, 6.45) is 0. The first kappa shape index (κ1) is 12.6. The van der Waals surface area contributed by atoms with Gasteiger partial charge in [0.2, 0.25) is 11.8 Å². The van der Waals surface area contributed by atoms with Crippen molar-refractivity contribution in [2.45, 2.75) is 13.8 Å². The highest BCUT2D eigenvalue weighted by Gasteiger charge is 2.34. The first-order valence-electron chi connectivity index (χ1n) is 4.98. The molecule has 0 bridgehead atoms. The summed E-state index contributed by atoms with van der Waals surface area (Å²) in [6.45, 7) is 4.02. The summed E-state index contributed by atoms with van der Waals surface area (Å²) in [7, 11) is 1.32. The number of hydrogen-bond acceptors (Lipinski definition) is 5. The third-order valence-electron chi connectivity index (χ3n) is 2.37. The van der Waals surface area contributed by atoms with Crippen LogP contribution in [0.3, 0.4) is 0 Å². The van der Waals surface area contributed by atoms with Crippen LogP contribution in [0, 0.1) is 5.41 Å². The van der Waals surface area contributed by atoms with Crippen molar-refractivity contribution in [1.82, 2.24) is 10.2 Å². The Bertz CT molecular complexity index is 309. The van der Waals surface area contributed by atoms with Crippen molar-refractivity contribution in [3.05, 3.63) is 0 Å². The van der Waals surface area contributed by atoms with Gasteiger partial charge in [0, 0.05) is 6.54 Å². The van der Waals surface area contributed by atoms with E-state index in [2.05, 4.69) is 10.1 Å². The summed E-state index contributed by atoms with van der Waals surface area (Å²) < 4.78 is 4.66. The number of methoxy groups -OCH3 is 1. The van der Waals surface area contributed by atoms with Crippen molar-refractivity contribution in [3.8, 4) is 0 Å². The van der Waals surface area contributed by atoms with Crippen molar-refractivity contribution in [2.75, 3.05) is 26.7 Å². The normalized spacial score (nSPS) is 18.2. The molecule has 1 N–H and O–H groups in total. The first-order chi connectivity index (χ1) is 7.35. The molecular formula is C10H16N2O4. The number of amides is 2. The van der Waals surface area contributed by atoms with Gasteiger partial charge in [-0.1, -0.05) is 0 Å². The molecule has 0 spiro atoms. The monoisotopic (exact) mass is 228 g/mol. The maximum atomic E-state index is 11.4. The van der Waals surface area contributed by atoms with Gasteiger partial charge in [0.1, 0.15) is 0 Å². The van der Waals surface area contributed by atoms with Gasteiger partial charge in [-0.15, -0.1) is 0 Å². The van der Waals surface area contributed by atoms with E-state index >= 15 is 0 Å². The largest absolute Gasteiger partial charge is 0.469 e. The molecule has 0 aromatic heterocycles. The molecule has 0 radical (unpaired) electrons. The molecule has 90 valence electrons. The van der Waals surface area contributed by atoms with Gasteiger partial charge in [-0.25, -0.2) is 0 Å². The first-order valence-corrected chi connectivity index (χ1v) is 4.98. The highest BCUT2D eigenvalue weighted by molar-refractivity contribution is 5.99. The van der Waals surface area contributed by atoms with E-state index in [0.717, 1.165) is 0 Å². The average molecular weight is 228 g/mol. The summed E-state index contributed by atoms with van der Waals surface area (Å²) in [5, 5.41) is 2.20. The molecular weight excluding hydrogens is 212 g/mol. The maximum absolute atomic E-state index is 11.4. The molecule has 0 saturated carbocycles. The van der Waals surface area contributed by atoms with Crippen LogP contribution in [0.25, 0.3) is 0 Å². The Kier molecular flexibility index (Phi) is 3.64. The zero-order chi connectivity index (χ0) is 12.3. The number of nitrogens with zero attached hydrogens (tertiary/aromatic N) is 1. The van der Waals surface area contributed by atoms with Gasteiger partial charge in [0.05, 0.1) is 25.6 Å². The minimum Gasteiger partial charge on any atom is -0.469 e. The molecule has 2 amide bonds. The lowest BCUT2D eigenvalue weighted by Crippen LogP contribution is -2.54. The summed E-state index contributed by atoms with van der Waals surface area (Å²) in [5.41, 5.74) is -0.730. The average Bonchev–Trinajstić information content (AvgIpc) is 2.13. The van der Waals surface area contributed by atoms with E-state index in [1.165, 1.54) is 7.11 Å². The number of carbonyl (C=O) groups is 3. The van der Waals surface area contributed by atoms with Crippen LogP contribution in [0.1, 0.15) is 13.8 Å². The van der Waals surface area contributed by atoms with Crippen LogP contribution in [0.15, 0.2) is 0 Å². The van der Waals surface area contributed by atoms with E-state index in [1.807, 2.05) is 0 Å². The van der Waals surface area contributed by atoms with Gasteiger partial charge in [0.15, 0.2) is 0 Å². The highest BCUT2D eigenvalue weighted by atomic mass is 16.5. The lowest BCUT2D eigenvalue weighted by atomic mass is 9.92. The van der Waals surface area contributed by atoms with Crippen molar-refractivity contribution >= 4 is 17.8 Å². The van der Waals surface area contributed by atoms with Crippen molar-refractivity contribution in [2.24, 2.45) is 5.41 Å². The van der Waals surface area contributed by atoms with Gasteiger partial charge >= 0.3 is 5.97 Å². The zero-order valence-corrected chi connectivity index (χ0v) is 9.70. The van der Waals surface area contributed by atoms with Crippen LogP contribution in [-0.2, 0) is 19.1 Å². The predicted octanol–water partition coefficient (Wildman–Crippen LogP) is -0.856. The summed E-state index contributed by atoms with van der Waals surface area (Å²) >= 11 is 0. The molecule has 1 rings (SSSR count). The van der Waals surface area contributed by atoms with E-state index < -0.39 is 5.41 Å². The van der Waals surface area contributed by atoms with Gasteiger partial charge in [-0.05, 0) is 13.8 Å². The number of nitrogens with one attached hydrogen (secondary N) is 1. The molecule has 0 aromatic carbocycles. The summed E-state index contributed by atoms with van der Waals surface area (Å²) in [4.78, 5) is 35.3. The van der Waals surface area contributed by atoms with Crippen molar-refractivity contribution in [1.29, 1.82) is 0 Å². The van der Waals surface area contributed by atoms with E-state index in [1.54, 1.807) is 18.7 Å². The van der Waals surface area contributed by atoms with Crippen LogP contribution in [-0.4, -0.2) is 49.4 Å². The van der Waals surface area contributed by atoms with E-state index in [-0.39, 0.29) is 30.9 Å². The van der Waals surface area contributed by atoms with Gasteiger partial charge < -0.3 is 4.74 Å². The highest BCUT2D eigenvalue weighted by Crippen LogP contribution is 2.19. The van der Waals surface area contributed by atoms with Crippen LogP contribution < -0.4 is 5.32 Å². The van der Waals surface area contributed by atoms with E-state index in [9.17, 15) is 14.4 Å². The number of piperazine rings is 1. The number of ether oxygens (including phenoxy) is 1. The molecule has 0 aliphatic carbocycles. The van der Waals surface area contributed by atoms with Crippen LogP contribution >= 0.6 is 0 Å². The SMILES string of the molecule is COC(=O)C(C)(C)CN1CC(=O)NC(=O)C1. The summed E-state index contributed by atoms with van der Waals surface area (Å²) in [5.74, 6) is -1.03. The van der Waals surface area contributed by atoms with Crippen LogP contribution in [0.5, 0.6) is 0 Å². The number of hydrogen-bond donors (Lipinski definition) is 1. The maximum Gasteiger partial charge on any atom is 0.312 e. The Morgan fingerprint density at radius 3 is 2.31 bits per heavy atom. The second kappa shape index (κ2) is 4.61. The molecule has 6 nitrogen and oxygen atoms in total. The predicted molar refractivity (Wildman–Crippen MR) is 55.4 cm³/mol. The van der Waals surface area contributed by atoms with Crippen LogP contribution in [0.4, 0.5) is 0 Å². The molecule has 1 heterocycles. The smallest absolute Gasteiger partial charge is 0.312 e. The minimum atomic E-state index is -0.730. The fourth-order valence-electron chi connectivity index (χ4n) is 1.71. The Morgan fingerprint density at radius 2 is 1.88 bits per heavy atom. The minimum absolute atomic E-state index is 0.131. The number of imide groups is 1. The number of esters is 1. The van der Waals surface area contributed by atoms with E-state index in [4.69, 9.17) is 0 Å². The fourth-order valence-corrected chi connectivity index (χ4v) is 1.71. The quantitative estimate of drug-likeness (QED) is 0.502. The topological polar surface area (TPSA) is 75.7 Å². The third-order valence-corrected chi connectivity index (χ3v) is 2.37. The van der Waals surface area contributed by atoms with Gasteiger partial charge in [-0.3, -0.25) is 24.6 Å². The van der Waals surface area contributed by atoms with E-state index in [0.29, 0.717) is 6.54 Å². The molecule has 1 saturated heterocycles. The molecule has 1 aliphatic rings. The van der Waals surface area contributed by atoms with Crippen LogP contribution in [0.2, 0.25) is 0 Å². The lowest BCUT2D eigenvalue weighted by Gasteiger charge is -2.31. The zero-order valence-electron chi connectivity index (χ0n) is 9.70. The van der Waals surface area contributed by atoms with Crippen molar-refractivity contribution in [3.63, 3.8) is 0 Å². The molecule has 0 aromatic rings. The third kappa shape index (κ3) is 3.03. The molecule has 6 heteroatoms. The molecule has 0 atom stereocenters. The van der Waals surface area contributed by atoms with Crippen molar-refractivity contribution < 1.29 is 19.1 Å². The number of carbonyl (C=O) groups excluding carboxylic acids is 3. The van der Waals surface area contributed by atoms with Gasteiger partial charge in [-0.2, -0.15) is 0 Å². The molecule has 1 fully saturated rings. The standard InChI is InChI=1S/C10H16N2O4/c1-10(2,9(15)16-3)6-12-4-7(13)11-8(14)5-12/h4-6H2,1-3H3,(H,11,13,14). The summed E-state index contributed by atoms with van der Waals surface area (Å²) in [6, 6.07) is 0. The second-order valence-electron chi connectivity index (χ2n) is 4.49. The Morgan fingerprint density at radius 1 is 1.38 bits per heavy atom. The Hall–Kier alpha value is -1.43. The Balaban J connectivity index is 2.62. The molecule has 1 aliphatic heterocycles. The number of rotatable bonds is 3. The lowest BCUT2D eigenvalue weighted by molar-refractivity contribution is -0.153. The fraction of sp³-hybridized carbons (Fsp3) is 0.700.